The number of nitrogens with zero attached hydrogens (tertiary/aromatic N) is 2. The fourth-order valence-electron chi connectivity index (χ4n) is 5.47. The quantitative estimate of drug-likeness (QED) is 0.622. The molecule has 0 radical (unpaired) electrons. The fraction of sp³-hybridized carbons (Fsp3) is 0.591. The monoisotopic (exact) mass is 366 g/mol. The molecule has 1 aromatic carbocycles. The average molecular weight is 367 g/mol. The summed E-state index contributed by atoms with van der Waals surface area (Å²) in [6.45, 7) is 6.32. The summed E-state index contributed by atoms with van der Waals surface area (Å²) in [6, 6.07) is 8.17. The largest absolute Gasteiger partial charge is 0.383 e. The highest BCUT2D eigenvalue weighted by Crippen LogP contribution is 2.59. The van der Waals surface area contributed by atoms with E-state index in [2.05, 4.69) is 26.0 Å². The number of nitriles is 1. The number of nitrogens with one attached hydrogen (secondary N) is 1. The normalized spacial score (nSPS) is 32.9. The molecule has 0 unspecified atom stereocenters. The Bertz CT molecular complexity index is 809. The van der Waals surface area contributed by atoms with Gasteiger partial charge in [-0.2, -0.15) is 5.26 Å². The minimum Gasteiger partial charge on any atom is -0.383 e. The van der Waals surface area contributed by atoms with Crippen LogP contribution in [0.2, 0.25) is 0 Å². The number of nitrogens with two attached hydrogens (primary N) is 1. The van der Waals surface area contributed by atoms with E-state index in [0.717, 1.165) is 31.2 Å². The number of hydrogen-bond donors (Lipinski definition) is 2. The Hall–Kier alpha value is -2.19. The topological polar surface area (TPSA) is 95.2 Å². The highest BCUT2D eigenvalue weighted by Gasteiger charge is 2.52. The second-order valence-electron chi connectivity index (χ2n) is 8.35. The number of benzene rings is 1. The van der Waals surface area contributed by atoms with Gasteiger partial charge < -0.3 is 10.5 Å². The molecular weight excluding hydrogens is 336 g/mol. The smallest absolute Gasteiger partial charge is 0.136 e. The summed E-state index contributed by atoms with van der Waals surface area (Å²) in [5.41, 5.74) is 9.36. The van der Waals surface area contributed by atoms with Gasteiger partial charge in [0.05, 0.1) is 29.5 Å². The zero-order valence-electron chi connectivity index (χ0n) is 16.7. The Labute approximate surface area is 162 Å². The molecular formula is C22H30N4O. The fourth-order valence-corrected chi connectivity index (χ4v) is 5.47. The molecule has 3 N–H and O–H groups in total. The highest BCUT2D eigenvalue weighted by atomic mass is 16.5. The van der Waals surface area contributed by atoms with Crippen LogP contribution in [0.15, 0.2) is 23.2 Å². The first-order chi connectivity index (χ1) is 12.8. The van der Waals surface area contributed by atoms with Crippen LogP contribution in [0.3, 0.4) is 0 Å². The lowest BCUT2D eigenvalue weighted by Gasteiger charge is -2.48. The van der Waals surface area contributed by atoms with Gasteiger partial charge in [0.25, 0.3) is 0 Å². The lowest BCUT2D eigenvalue weighted by molar-refractivity contribution is -0.0645. The molecule has 1 spiro atoms. The first kappa shape index (κ1) is 19.6. The Balaban J connectivity index is 2.10. The van der Waals surface area contributed by atoms with Crippen LogP contribution in [0, 0.1) is 34.0 Å². The van der Waals surface area contributed by atoms with E-state index < -0.39 is 0 Å². The summed E-state index contributed by atoms with van der Waals surface area (Å²) in [6.07, 6.45) is 4.38. The number of methoxy groups -OCH3 is 1. The van der Waals surface area contributed by atoms with Crippen molar-refractivity contribution in [1.29, 1.82) is 10.7 Å². The zero-order chi connectivity index (χ0) is 19.8. The Morgan fingerprint density at radius 3 is 2.78 bits per heavy atom. The van der Waals surface area contributed by atoms with Crippen LogP contribution in [-0.4, -0.2) is 24.8 Å². The van der Waals surface area contributed by atoms with Crippen molar-refractivity contribution in [1.82, 2.24) is 0 Å². The number of fused-ring (bicyclic) bond motifs is 1. The third-order valence-electron chi connectivity index (χ3n) is 6.62. The van der Waals surface area contributed by atoms with Crippen molar-refractivity contribution < 1.29 is 4.74 Å². The van der Waals surface area contributed by atoms with E-state index >= 15 is 0 Å². The Morgan fingerprint density at radius 1 is 1.44 bits per heavy atom. The maximum atomic E-state index is 9.36. The molecule has 1 fully saturated rings. The molecule has 0 heterocycles. The molecule has 1 aromatic rings. The van der Waals surface area contributed by atoms with E-state index in [9.17, 15) is 5.26 Å². The lowest BCUT2D eigenvalue weighted by atomic mass is 9.61. The van der Waals surface area contributed by atoms with E-state index in [1.54, 1.807) is 0 Å². The van der Waals surface area contributed by atoms with Crippen molar-refractivity contribution >= 4 is 11.5 Å². The van der Waals surface area contributed by atoms with Crippen molar-refractivity contribution in [2.45, 2.75) is 58.6 Å². The summed E-state index contributed by atoms with van der Waals surface area (Å²) in [7, 11) is 1.82. The molecule has 0 aromatic heterocycles. The molecule has 1 saturated carbocycles. The average Bonchev–Trinajstić information content (AvgIpc) is 2.92. The maximum Gasteiger partial charge on any atom is 0.136 e. The van der Waals surface area contributed by atoms with Gasteiger partial charge in [-0.15, -0.1) is 0 Å². The number of rotatable bonds is 4. The summed E-state index contributed by atoms with van der Waals surface area (Å²) >= 11 is 0. The molecule has 5 atom stereocenters. The number of amidine groups is 1. The molecule has 0 amide bonds. The second kappa shape index (κ2) is 7.44. The number of hydrogen-bond acceptors (Lipinski definition) is 4. The van der Waals surface area contributed by atoms with Crippen LogP contribution >= 0.6 is 0 Å². The van der Waals surface area contributed by atoms with Gasteiger partial charge in [-0.1, -0.05) is 26.3 Å². The molecule has 2 aliphatic carbocycles. The van der Waals surface area contributed by atoms with Crippen molar-refractivity contribution in [2.24, 2.45) is 28.0 Å². The summed E-state index contributed by atoms with van der Waals surface area (Å²) in [5.74, 6) is 0.938. The van der Waals surface area contributed by atoms with Gasteiger partial charge >= 0.3 is 0 Å². The van der Waals surface area contributed by atoms with Gasteiger partial charge in [0.1, 0.15) is 5.84 Å². The van der Waals surface area contributed by atoms with Gasteiger partial charge in [-0.25, -0.2) is 0 Å². The zero-order valence-corrected chi connectivity index (χ0v) is 16.7. The van der Waals surface area contributed by atoms with Crippen molar-refractivity contribution in [3.63, 3.8) is 0 Å². The summed E-state index contributed by atoms with van der Waals surface area (Å²) < 4.78 is 5.84. The van der Waals surface area contributed by atoms with Gasteiger partial charge in [0, 0.05) is 12.5 Å². The van der Waals surface area contributed by atoms with Crippen LogP contribution in [-0.2, 0) is 11.2 Å². The molecule has 0 bridgehead atoms. The van der Waals surface area contributed by atoms with Crippen LogP contribution in [0.25, 0.3) is 0 Å². The third-order valence-corrected chi connectivity index (χ3v) is 6.62. The van der Waals surface area contributed by atoms with Crippen LogP contribution < -0.4 is 5.73 Å². The van der Waals surface area contributed by atoms with Gasteiger partial charge in [-0.3, -0.25) is 10.4 Å². The van der Waals surface area contributed by atoms with Crippen LogP contribution in [0.4, 0.5) is 0 Å². The Morgan fingerprint density at radius 2 is 2.19 bits per heavy atom. The molecule has 27 heavy (non-hydrogen) atoms. The molecule has 5 nitrogen and oxygen atoms in total. The summed E-state index contributed by atoms with van der Waals surface area (Å²) in [5, 5.41) is 17.1. The molecule has 0 aliphatic heterocycles. The van der Waals surface area contributed by atoms with Gasteiger partial charge in [0.2, 0.25) is 0 Å². The first-order valence-electron chi connectivity index (χ1n) is 9.79. The predicted octanol–water partition coefficient (Wildman–Crippen LogP) is 4.01. The summed E-state index contributed by atoms with van der Waals surface area (Å²) in [4.78, 5) is 4.94. The molecule has 2 aliphatic rings. The standard InChI is InChI=1S/C22H30N4O/c1-5-16-10-22(9-13(2)19(16)27-4)11-17-7-6-15(12-23)8-18(17)20(22)26-14(3)21(24)25/h6-8,13,16,19-20H,5,9-11H2,1-4H3,(H3,24,25)/t13-,16+,19+,20+,22+/m0/s1. The van der Waals surface area contributed by atoms with E-state index in [1.165, 1.54) is 5.56 Å². The predicted molar refractivity (Wildman–Crippen MR) is 108 cm³/mol. The lowest BCUT2D eigenvalue weighted by Crippen LogP contribution is -2.44. The van der Waals surface area contributed by atoms with E-state index in [-0.39, 0.29) is 23.4 Å². The SMILES string of the molecule is CC[C@@H]1C[C@@]2(Cc3ccc(C#N)cc3[C@H]2N=C(C)C(=N)N)C[C@H](C)[C@H]1OC. The Kier molecular flexibility index (Phi) is 5.39. The van der Waals surface area contributed by atoms with E-state index in [1.807, 2.05) is 26.2 Å². The van der Waals surface area contributed by atoms with E-state index in [0.29, 0.717) is 23.1 Å². The van der Waals surface area contributed by atoms with Gasteiger partial charge in [0.15, 0.2) is 0 Å². The van der Waals surface area contributed by atoms with Crippen LogP contribution in [0.1, 0.15) is 62.8 Å². The first-order valence-corrected chi connectivity index (χ1v) is 9.79. The molecule has 144 valence electrons. The van der Waals surface area contributed by atoms with Crippen LogP contribution in [0.5, 0.6) is 0 Å². The molecule has 0 saturated heterocycles. The van der Waals surface area contributed by atoms with Crippen molar-refractivity contribution in [3.05, 3.63) is 34.9 Å². The van der Waals surface area contributed by atoms with Crippen molar-refractivity contribution in [2.75, 3.05) is 7.11 Å². The number of aliphatic imine (C=N–C) groups is 1. The van der Waals surface area contributed by atoms with E-state index in [4.69, 9.17) is 20.9 Å². The molecule has 5 heteroatoms. The highest BCUT2D eigenvalue weighted by molar-refractivity contribution is 6.38. The number of ether oxygens (including phenoxy) is 1. The molecule has 3 rings (SSSR count). The second-order valence-corrected chi connectivity index (χ2v) is 8.35. The minimum absolute atomic E-state index is 0.00223. The van der Waals surface area contributed by atoms with Gasteiger partial charge in [-0.05, 0) is 61.3 Å². The maximum absolute atomic E-state index is 9.36. The van der Waals surface area contributed by atoms with Crippen molar-refractivity contribution in [3.8, 4) is 6.07 Å². The minimum atomic E-state index is -0.0565. The third kappa shape index (κ3) is 3.39.